The molecule has 0 unspecified atom stereocenters. The van der Waals surface area contributed by atoms with E-state index >= 15 is 0 Å². The van der Waals surface area contributed by atoms with Gasteiger partial charge in [0.25, 0.3) is 0 Å². The van der Waals surface area contributed by atoms with Crippen LogP contribution in [0.2, 0.25) is 0 Å². The van der Waals surface area contributed by atoms with Crippen molar-refractivity contribution in [3.05, 3.63) is 52.1 Å². The zero-order valence-corrected chi connectivity index (χ0v) is 15.1. The Balaban J connectivity index is 2.29. The van der Waals surface area contributed by atoms with E-state index in [1.54, 1.807) is 0 Å². The second-order valence-electron chi connectivity index (χ2n) is 7.34. The molecular weight excluding hydrogens is 306 g/mol. The summed E-state index contributed by atoms with van der Waals surface area (Å²) in [7, 11) is 0. The fraction of sp³-hybridized carbons (Fsp3) is 0.364. The second-order valence-corrected chi connectivity index (χ2v) is 7.34. The lowest BCUT2D eigenvalue weighted by atomic mass is 9.76. The first kappa shape index (κ1) is 17.1. The van der Waals surface area contributed by atoms with Gasteiger partial charge in [-0.05, 0) is 53.4 Å². The monoisotopic (exact) mass is 329 g/mol. The van der Waals surface area contributed by atoms with Crippen LogP contribution in [0.3, 0.4) is 0 Å². The standard InChI is InChI=1S/C22H23N3/c1-13(2)15-5-7-16(8-6-15)21-17-9-4-14(3)10-18(17)19(11-23)22(25)20(21)12-24/h5-8,13-14H,4,9-10,25H2,1-3H3/t14-/m1/s1. The Kier molecular flexibility index (Phi) is 4.51. The van der Waals surface area contributed by atoms with Gasteiger partial charge in [0.2, 0.25) is 0 Å². The van der Waals surface area contributed by atoms with Crippen molar-refractivity contribution in [2.24, 2.45) is 5.92 Å². The van der Waals surface area contributed by atoms with Crippen LogP contribution in [0.15, 0.2) is 24.3 Å². The zero-order valence-electron chi connectivity index (χ0n) is 15.1. The maximum absolute atomic E-state index is 9.74. The van der Waals surface area contributed by atoms with Crippen LogP contribution < -0.4 is 5.73 Å². The number of nitrogens with two attached hydrogens (primary N) is 1. The van der Waals surface area contributed by atoms with E-state index in [0.717, 1.165) is 41.5 Å². The van der Waals surface area contributed by atoms with E-state index in [9.17, 15) is 10.5 Å². The molecule has 3 rings (SSSR count). The summed E-state index contributed by atoms with van der Waals surface area (Å²) in [4.78, 5) is 0. The van der Waals surface area contributed by atoms with E-state index in [4.69, 9.17) is 5.73 Å². The number of fused-ring (bicyclic) bond motifs is 1. The molecule has 126 valence electrons. The highest BCUT2D eigenvalue weighted by Crippen LogP contribution is 2.41. The van der Waals surface area contributed by atoms with Crippen LogP contribution in [0, 0.1) is 28.6 Å². The average Bonchev–Trinajstić information content (AvgIpc) is 2.60. The maximum atomic E-state index is 9.74. The Bertz CT molecular complexity index is 893. The van der Waals surface area contributed by atoms with Crippen LogP contribution >= 0.6 is 0 Å². The zero-order chi connectivity index (χ0) is 18.1. The average molecular weight is 329 g/mol. The van der Waals surface area contributed by atoms with Gasteiger partial charge in [-0.2, -0.15) is 10.5 Å². The summed E-state index contributed by atoms with van der Waals surface area (Å²) in [6, 6.07) is 12.9. The predicted octanol–water partition coefficient (Wildman–Crippen LogP) is 4.93. The van der Waals surface area contributed by atoms with E-state index in [1.807, 2.05) is 0 Å². The number of hydrogen-bond donors (Lipinski definition) is 1. The summed E-state index contributed by atoms with van der Waals surface area (Å²) >= 11 is 0. The van der Waals surface area contributed by atoms with Gasteiger partial charge >= 0.3 is 0 Å². The van der Waals surface area contributed by atoms with Gasteiger partial charge in [-0.1, -0.05) is 45.0 Å². The molecule has 0 saturated carbocycles. The lowest BCUT2D eigenvalue weighted by molar-refractivity contribution is 0.501. The van der Waals surface area contributed by atoms with Gasteiger partial charge in [-0.25, -0.2) is 0 Å². The first-order valence-corrected chi connectivity index (χ1v) is 8.85. The van der Waals surface area contributed by atoms with E-state index in [1.165, 1.54) is 5.56 Å². The number of nitriles is 2. The highest BCUT2D eigenvalue weighted by Gasteiger charge is 2.27. The summed E-state index contributed by atoms with van der Waals surface area (Å²) in [6.07, 6.45) is 2.82. The Morgan fingerprint density at radius 1 is 1.04 bits per heavy atom. The van der Waals surface area contributed by atoms with Gasteiger partial charge in [0, 0.05) is 5.56 Å². The molecule has 0 aromatic heterocycles. The highest BCUT2D eigenvalue weighted by molar-refractivity contribution is 5.85. The lowest BCUT2D eigenvalue weighted by Gasteiger charge is -2.27. The first-order chi connectivity index (χ1) is 12.0. The van der Waals surface area contributed by atoms with Crippen molar-refractivity contribution in [3.8, 4) is 23.3 Å². The fourth-order valence-electron chi connectivity index (χ4n) is 3.81. The maximum Gasteiger partial charge on any atom is 0.102 e. The molecule has 0 bridgehead atoms. The molecule has 0 saturated heterocycles. The van der Waals surface area contributed by atoms with Gasteiger partial charge < -0.3 is 5.73 Å². The minimum absolute atomic E-state index is 0.334. The van der Waals surface area contributed by atoms with Crippen molar-refractivity contribution >= 4 is 5.69 Å². The minimum atomic E-state index is 0.334. The third kappa shape index (κ3) is 2.87. The molecule has 2 aromatic carbocycles. The SMILES string of the molecule is CC(C)c1ccc(-c2c(C#N)c(N)c(C#N)c3c2CC[C@@H](C)C3)cc1. The number of anilines is 1. The van der Waals surface area contributed by atoms with E-state index in [2.05, 4.69) is 57.2 Å². The van der Waals surface area contributed by atoms with E-state index in [-0.39, 0.29) is 0 Å². The first-order valence-electron chi connectivity index (χ1n) is 8.85. The third-order valence-corrected chi connectivity index (χ3v) is 5.29. The largest absolute Gasteiger partial charge is 0.397 e. The Morgan fingerprint density at radius 2 is 1.68 bits per heavy atom. The number of hydrogen-bond acceptors (Lipinski definition) is 3. The highest BCUT2D eigenvalue weighted by atomic mass is 14.6. The van der Waals surface area contributed by atoms with E-state index < -0.39 is 0 Å². The molecule has 0 radical (unpaired) electrons. The third-order valence-electron chi connectivity index (χ3n) is 5.29. The Labute approximate surface area is 149 Å². The Hall–Kier alpha value is -2.78. The number of benzene rings is 2. The van der Waals surface area contributed by atoms with Crippen molar-refractivity contribution in [1.82, 2.24) is 0 Å². The van der Waals surface area contributed by atoms with Crippen LogP contribution in [0.1, 0.15) is 60.9 Å². The summed E-state index contributed by atoms with van der Waals surface area (Å²) < 4.78 is 0. The van der Waals surface area contributed by atoms with Gasteiger partial charge in [0.05, 0.1) is 16.8 Å². The summed E-state index contributed by atoms with van der Waals surface area (Å²) in [6.45, 7) is 6.53. The van der Waals surface area contributed by atoms with Crippen LogP contribution in [0.25, 0.3) is 11.1 Å². The molecule has 0 fully saturated rings. The summed E-state index contributed by atoms with van der Waals surface area (Å²) in [5, 5.41) is 19.3. The smallest absolute Gasteiger partial charge is 0.102 e. The summed E-state index contributed by atoms with van der Waals surface area (Å²) in [5.41, 5.74) is 12.9. The van der Waals surface area contributed by atoms with Gasteiger partial charge in [0.15, 0.2) is 0 Å². The van der Waals surface area contributed by atoms with Crippen LogP contribution in [0.4, 0.5) is 5.69 Å². The van der Waals surface area contributed by atoms with Crippen molar-refractivity contribution < 1.29 is 0 Å². The van der Waals surface area contributed by atoms with Crippen LogP contribution in [-0.4, -0.2) is 0 Å². The molecule has 3 heteroatoms. The molecule has 1 atom stereocenters. The molecule has 3 nitrogen and oxygen atoms in total. The van der Waals surface area contributed by atoms with Crippen molar-refractivity contribution in [2.45, 2.75) is 46.0 Å². The van der Waals surface area contributed by atoms with Gasteiger partial charge in [-0.3, -0.25) is 0 Å². The van der Waals surface area contributed by atoms with Gasteiger partial charge in [0.1, 0.15) is 12.1 Å². The van der Waals surface area contributed by atoms with E-state index in [0.29, 0.717) is 28.7 Å². The molecular formula is C22H23N3. The van der Waals surface area contributed by atoms with Gasteiger partial charge in [-0.15, -0.1) is 0 Å². The molecule has 0 aliphatic heterocycles. The second kappa shape index (κ2) is 6.61. The number of rotatable bonds is 2. The predicted molar refractivity (Wildman–Crippen MR) is 101 cm³/mol. The molecule has 25 heavy (non-hydrogen) atoms. The molecule has 0 heterocycles. The molecule has 0 spiro atoms. The van der Waals surface area contributed by atoms with Crippen molar-refractivity contribution in [3.63, 3.8) is 0 Å². The lowest BCUT2D eigenvalue weighted by Crippen LogP contribution is -2.17. The molecule has 0 amide bonds. The molecule has 1 aliphatic rings. The molecule has 2 aromatic rings. The Morgan fingerprint density at radius 3 is 2.24 bits per heavy atom. The van der Waals surface area contributed by atoms with Crippen molar-refractivity contribution in [2.75, 3.05) is 5.73 Å². The fourth-order valence-corrected chi connectivity index (χ4v) is 3.81. The number of nitrogen functional groups attached to an aromatic ring is 1. The normalized spacial score (nSPS) is 16.2. The number of nitrogens with zero attached hydrogens (tertiary/aromatic N) is 2. The quantitative estimate of drug-likeness (QED) is 0.794. The minimum Gasteiger partial charge on any atom is -0.397 e. The van der Waals surface area contributed by atoms with Crippen LogP contribution in [0.5, 0.6) is 0 Å². The molecule has 1 aliphatic carbocycles. The molecule has 2 N–H and O–H groups in total. The topological polar surface area (TPSA) is 73.6 Å². The summed E-state index contributed by atoms with van der Waals surface area (Å²) in [5.74, 6) is 0.994. The van der Waals surface area contributed by atoms with Crippen molar-refractivity contribution in [1.29, 1.82) is 10.5 Å². The van der Waals surface area contributed by atoms with Crippen LogP contribution in [-0.2, 0) is 12.8 Å².